The van der Waals surface area contributed by atoms with Gasteiger partial charge < -0.3 is 0 Å². The SMILES string of the molecule is CCCC(CCCC1CCC(C2CCCCC2)CC1)C(F)(F)F. The number of halogens is 3. The van der Waals surface area contributed by atoms with E-state index >= 15 is 0 Å². The quantitative estimate of drug-likeness (QED) is 0.452. The Morgan fingerprint density at radius 2 is 1.43 bits per heavy atom. The summed E-state index contributed by atoms with van der Waals surface area (Å²) in [6.07, 6.45) is 11.4. The molecule has 2 fully saturated rings. The molecule has 0 aromatic heterocycles. The molecule has 2 rings (SSSR count). The molecule has 2 aliphatic rings. The summed E-state index contributed by atoms with van der Waals surface area (Å²) in [5, 5.41) is 0. The van der Waals surface area contributed by atoms with Gasteiger partial charge in [0, 0.05) is 0 Å². The van der Waals surface area contributed by atoms with Gasteiger partial charge in [-0.15, -0.1) is 0 Å². The predicted octanol–water partition coefficient (Wildman–Crippen LogP) is 7.52. The van der Waals surface area contributed by atoms with Crippen LogP contribution in [0.5, 0.6) is 0 Å². The molecule has 1 unspecified atom stereocenters. The fourth-order valence-electron chi connectivity index (χ4n) is 5.03. The molecule has 23 heavy (non-hydrogen) atoms. The van der Waals surface area contributed by atoms with Crippen LogP contribution in [0.15, 0.2) is 0 Å². The highest BCUT2D eigenvalue weighted by Crippen LogP contribution is 2.41. The molecule has 2 saturated carbocycles. The third-order valence-electron chi connectivity index (χ3n) is 6.47. The average molecular weight is 332 g/mol. The number of alkyl halides is 3. The van der Waals surface area contributed by atoms with Gasteiger partial charge in [0.05, 0.1) is 5.92 Å². The number of hydrogen-bond donors (Lipinski definition) is 0. The molecule has 2 aliphatic carbocycles. The summed E-state index contributed by atoms with van der Waals surface area (Å²) in [6, 6.07) is 0. The lowest BCUT2D eigenvalue weighted by molar-refractivity contribution is -0.178. The van der Waals surface area contributed by atoms with E-state index in [1.807, 2.05) is 6.92 Å². The molecule has 3 heteroatoms. The Hall–Kier alpha value is -0.210. The molecule has 0 nitrogen and oxygen atoms in total. The minimum absolute atomic E-state index is 0.303. The molecule has 0 bridgehead atoms. The minimum atomic E-state index is -3.99. The zero-order valence-corrected chi connectivity index (χ0v) is 14.8. The van der Waals surface area contributed by atoms with Crippen LogP contribution in [0, 0.1) is 23.7 Å². The van der Waals surface area contributed by atoms with E-state index < -0.39 is 12.1 Å². The monoisotopic (exact) mass is 332 g/mol. The van der Waals surface area contributed by atoms with E-state index in [-0.39, 0.29) is 0 Å². The van der Waals surface area contributed by atoms with Gasteiger partial charge in [0.2, 0.25) is 0 Å². The van der Waals surface area contributed by atoms with Crippen molar-refractivity contribution in [1.29, 1.82) is 0 Å². The fraction of sp³-hybridized carbons (Fsp3) is 1.00. The van der Waals surface area contributed by atoms with Crippen molar-refractivity contribution in [3.63, 3.8) is 0 Å². The van der Waals surface area contributed by atoms with Crippen LogP contribution in [0.4, 0.5) is 13.2 Å². The Kier molecular flexibility index (Phi) is 7.75. The number of rotatable bonds is 7. The number of hydrogen-bond acceptors (Lipinski definition) is 0. The van der Waals surface area contributed by atoms with Crippen molar-refractivity contribution >= 4 is 0 Å². The molecule has 0 aliphatic heterocycles. The summed E-state index contributed by atoms with van der Waals surface area (Å²) in [6.45, 7) is 1.85. The summed E-state index contributed by atoms with van der Waals surface area (Å²) in [4.78, 5) is 0. The molecular formula is C20H35F3. The molecule has 0 amide bonds. The van der Waals surface area contributed by atoms with Crippen molar-refractivity contribution < 1.29 is 13.2 Å². The molecule has 0 saturated heterocycles. The summed E-state index contributed by atoms with van der Waals surface area (Å²) in [5.41, 5.74) is 0. The highest BCUT2D eigenvalue weighted by molar-refractivity contribution is 4.80. The van der Waals surface area contributed by atoms with E-state index in [1.54, 1.807) is 0 Å². The van der Waals surface area contributed by atoms with Gasteiger partial charge in [-0.3, -0.25) is 0 Å². The zero-order valence-electron chi connectivity index (χ0n) is 14.8. The van der Waals surface area contributed by atoms with Crippen molar-refractivity contribution in [3.05, 3.63) is 0 Å². The molecule has 0 N–H and O–H groups in total. The summed E-state index contributed by atoms with van der Waals surface area (Å²) in [5.74, 6) is 1.52. The highest BCUT2D eigenvalue weighted by atomic mass is 19.4. The third-order valence-corrected chi connectivity index (χ3v) is 6.47. The van der Waals surface area contributed by atoms with Gasteiger partial charge in [0.25, 0.3) is 0 Å². The molecule has 136 valence electrons. The van der Waals surface area contributed by atoms with Crippen molar-refractivity contribution in [1.82, 2.24) is 0 Å². The van der Waals surface area contributed by atoms with E-state index in [0.29, 0.717) is 25.2 Å². The van der Waals surface area contributed by atoms with E-state index in [1.165, 1.54) is 57.8 Å². The molecule has 0 radical (unpaired) electrons. The zero-order chi connectivity index (χ0) is 16.7. The first-order chi connectivity index (χ1) is 11.0. The molecular weight excluding hydrogens is 297 g/mol. The van der Waals surface area contributed by atoms with E-state index in [0.717, 1.165) is 24.7 Å². The van der Waals surface area contributed by atoms with Gasteiger partial charge in [-0.1, -0.05) is 71.1 Å². The smallest absolute Gasteiger partial charge is 0.171 e. The van der Waals surface area contributed by atoms with Crippen LogP contribution in [0.2, 0.25) is 0 Å². The lowest BCUT2D eigenvalue weighted by Crippen LogP contribution is -2.24. The van der Waals surface area contributed by atoms with E-state index in [9.17, 15) is 13.2 Å². The third kappa shape index (κ3) is 6.31. The average Bonchev–Trinajstić information content (AvgIpc) is 2.54. The van der Waals surface area contributed by atoms with Crippen molar-refractivity contribution in [2.24, 2.45) is 23.7 Å². The maximum atomic E-state index is 12.9. The lowest BCUT2D eigenvalue weighted by atomic mass is 9.70. The maximum Gasteiger partial charge on any atom is 0.391 e. The Bertz CT molecular complexity index is 309. The van der Waals surface area contributed by atoms with Gasteiger partial charge in [0.1, 0.15) is 0 Å². The standard InChI is InChI=1S/C20H35F3/c1-2-7-19(20(21,22)23)11-6-8-16-12-14-18(15-13-16)17-9-4-3-5-10-17/h16-19H,2-15H2,1H3. The maximum absolute atomic E-state index is 12.9. The van der Waals surface area contributed by atoms with Gasteiger partial charge in [-0.2, -0.15) is 13.2 Å². The Labute approximate surface area is 140 Å². The summed E-state index contributed by atoms with van der Waals surface area (Å²) < 4.78 is 38.8. The van der Waals surface area contributed by atoms with Gasteiger partial charge in [-0.25, -0.2) is 0 Å². The topological polar surface area (TPSA) is 0 Å². The minimum Gasteiger partial charge on any atom is -0.171 e. The Morgan fingerprint density at radius 1 is 0.826 bits per heavy atom. The molecule has 1 atom stereocenters. The van der Waals surface area contributed by atoms with Gasteiger partial charge in [-0.05, 0) is 43.4 Å². The fourth-order valence-corrected chi connectivity index (χ4v) is 5.03. The molecule has 0 aromatic rings. The van der Waals surface area contributed by atoms with Crippen molar-refractivity contribution in [2.75, 3.05) is 0 Å². The second-order valence-electron chi connectivity index (χ2n) is 8.14. The van der Waals surface area contributed by atoms with E-state index in [2.05, 4.69) is 0 Å². The highest BCUT2D eigenvalue weighted by Gasteiger charge is 2.38. The second kappa shape index (κ2) is 9.32. The van der Waals surface area contributed by atoms with Crippen LogP contribution in [0.1, 0.15) is 96.8 Å². The van der Waals surface area contributed by atoms with Crippen molar-refractivity contribution in [2.45, 2.75) is 103 Å². The van der Waals surface area contributed by atoms with E-state index in [4.69, 9.17) is 0 Å². The van der Waals surface area contributed by atoms with Crippen LogP contribution in [0.3, 0.4) is 0 Å². The van der Waals surface area contributed by atoms with Gasteiger partial charge in [0.15, 0.2) is 0 Å². The predicted molar refractivity (Wildman–Crippen MR) is 90.3 cm³/mol. The second-order valence-corrected chi connectivity index (χ2v) is 8.14. The van der Waals surface area contributed by atoms with Crippen LogP contribution in [-0.2, 0) is 0 Å². The summed E-state index contributed by atoms with van der Waals surface area (Å²) in [7, 11) is 0. The molecule has 0 aromatic carbocycles. The first-order valence-corrected chi connectivity index (χ1v) is 10.1. The summed E-state index contributed by atoms with van der Waals surface area (Å²) >= 11 is 0. The van der Waals surface area contributed by atoms with Crippen LogP contribution >= 0.6 is 0 Å². The van der Waals surface area contributed by atoms with Crippen LogP contribution in [0.25, 0.3) is 0 Å². The lowest BCUT2D eigenvalue weighted by Gasteiger charge is -2.36. The Balaban J connectivity index is 1.64. The van der Waals surface area contributed by atoms with Crippen molar-refractivity contribution in [3.8, 4) is 0 Å². The first kappa shape index (κ1) is 19.1. The molecule has 0 spiro atoms. The van der Waals surface area contributed by atoms with Gasteiger partial charge >= 0.3 is 6.18 Å². The van der Waals surface area contributed by atoms with Crippen LogP contribution in [-0.4, -0.2) is 6.18 Å². The molecule has 0 heterocycles. The largest absolute Gasteiger partial charge is 0.391 e. The first-order valence-electron chi connectivity index (χ1n) is 10.1. The Morgan fingerprint density at radius 3 is 2.00 bits per heavy atom. The van der Waals surface area contributed by atoms with Crippen LogP contribution < -0.4 is 0 Å². The normalized spacial score (nSPS) is 28.7.